The van der Waals surface area contributed by atoms with Crippen LogP contribution >= 0.6 is 0 Å². The Morgan fingerprint density at radius 2 is 0.793 bits per heavy atom. The number of hydrogen-bond donors (Lipinski definition) is 6. The maximum absolute atomic E-state index is 13.0. The maximum Gasteiger partial charge on any atom is 0.305 e. The predicted molar refractivity (Wildman–Crippen MR) is 343 cm³/mol. The van der Waals surface area contributed by atoms with E-state index < -0.39 is 49.5 Å². The minimum Gasteiger partial charge on any atom is -0.466 e. The van der Waals surface area contributed by atoms with Gasteiger partial charge in [0, 0.05) is 12.8 Å². The van der Waals surface area contributed by atoms with Crippen molar-refractivity contribution < 1.29 is 49.3 Å². The first-order valence-electron chi connectivity index (χ1n) is 35.6. The fourth-order valence-electron chi connectivity index (χ4n) is 11.5. The van der Waals surface area contributed by atoms with Gasteiger partial charge < -0.3 is 45.1 Å². The van der Waals surface area contributed by atoms with E-state index in [-0.39, 0.29) is 18.5 Å². The molecule has 1 heterocycles. The highest BCUT2D eigenvalue weighted by Gasteiger charge is 2.44. The average Bonchev–Trinajstić information content (AvgIpc) is 3.68. The Labute approximate surface area is 505 Å². The van der Waals surface area contributed by atoms with Crippen molar-refractivity contribution in [2.24, 2.45) is 0 Å². The van der Waals surface area contributed by atoms with Gasteiger partial charge in [-0.3, -0.25) is 9.59 Å². The standard InChI is InChI=1S/C71H135NO10/c1-3-5-7-9-11-13-14-39-43-47-51-55-59-67(76)80-60-56-52-48-44-40-37-35-33-31-29-27-25-23-21-19-17-15-16-18-20-22-24-26-28-30-32-34-36-38-42-46-50-54-58-66(75)72-63(64(74)57-53-49-45-41-12-10-8-6-4-2)62-81-71-70(79)69(78)68(77)65(61-73)82-71/h12,41,53,57,63-65,68-71,73-74,77-79H,3-11,13-40,42-52,54-56,58-62H2,1-2H3,(H,72,75)/b41-12+,57-53+. The third kappa shape index (κ3) is 49.3. The predicted octanol–water partition coefficient (Wildman–Crippen LogP) is 18.0. The SMILES string of the molecule is CCCCC/C=C/CC/C=C/C(O)C(COC1OC(CO)C(O)C(O)C1O)NC(=O)CCCCCCCCCCCCCCCCCCCCCCCCCCCCCCCCCCCOC(=O)CCCCCCCCCCCCCC. The van der Waals surface area contributed by atoms with Crippen LogP contribution in [0.2, 0.25) is 0 Å². The summed E-state index contributed by atoms with van der Waals surface area (Å²) in [6.07, 6.45) is 66.4. The zero-order valence-electron chi connectivity index (χ0n) is 53.7. The third-order valence-corrected chi connectivity index (χ3v) is 17.1. The fourth-order valence-corrected chi connectivity index (χ4v) is 11.5. The molecule has 11 heteroatoms. The lowest BCUT2D eigenvalue weighted by atomic mass is 9.99. The first kappa shape index (κ1) is 78.2. The third-order valence-electron chi connectivity index (χ3n) is 17.1. The van der Waals surface area contributed by atoms with Crippen molar-refractivity contribution in [3.63, 3.8) is 0 Å². The van der Waals surface area contributed by atoms with Gasteiger partial charge in [-0.1, -0.05) is 321 Å². The molecule has 1 amide bonds. The van der Waals surface area contributed by atoms with Crippen LogP contribution in [-0.4, -0.2) is 100 Å². The van der Waals surface area contributed by atoms with Gasteiger partial charge in [-0.25, -0.2) is 0 Å². The highest BCUT2D eigenvalue weighted by Crippen LogP contribution is 2.23. The summed E-state index contributed by atoms with van der Waals surface area (Å²) < 4.78 is 16.7. The van der Waals surface area contributed by atoms with Crippen molar-refractivity contribution in [1.29, 1.82) is 0 Å². The van der Waals surface area contributed by atoms with E-state index in [2.05, 4.69) is 31.3 Å². The number of ether oxygens (including phenoxy) is 3. The van der Waals surface area contributed by atoms with E-state index in [4.69, 9.17) is 14.2 Å². The lowest BCUT2D eigenvalue weighted by molar-refractivity contribution is -0.302. The molecule has 1 aliphatic heterocycles. The van der Waals surface area contributed by atoms with Crippen LogP contribution in [0.25, 0.3) is 0 Å². The Morgan fingerprint density at radius 1 is 0.439 bits per heavy atom. The Balaban J connectivity index is 1.89. The molecule has 1 fully saturated rings. The van der Waals surface area contributed by atoms with Gasteiger partial charge in [-0.15, -0.1) is 0 Å². The van der Waals surface area contributed by atoms with Crippen LogP contribution in [0.3, 0.4) is 0 Å². The van der Waals surface area contributed by atoms with Crippen molar-refractivity contribution in [3.05, 3.63) is 24.3 Å². The van der Waals surface area contributed by atoms with Gasteiger partial charge in [0.15, 0.2) is 6.29 Å². The van der Waals surface area contributed by atoms with E-state index in [0.717, 1.165) is 51.4 Å². The van der Waals surface area contributed by atoms with E-state index in [9.17, 15) is 35.1 Å². The molecule has 7 atom stereocenters. The molecule has 0 saturated carbocycles. The molecular weight excluding hydrogens is 1030 g/mol. The minimum absolute atomic E-state index is 0.0154. The van der Waals surface area contributed by atoms with Gasteiger partial charge in [0.05, 0.1) is 32.0 Å². The Kier molecular flexibility index (Phi) is 58.0. The van der Waals surface area contributed by atoms with Gasteiger partial charge in [0.2, 0.25) is 5.91 Å². The summed E-state index contributed by atoms with van der Waals surface area (Å²) in [5.41, 5.74) is 0. The smallest absolute Gasteiger partial charge is 0.305 e. The molecule has 1 rings (SSSR count). The van der Waals surface area contributed by atoms with Gasteiger partial charge in [0.1, 0.15) is 24.4 Å². The number of esters is 1. The minimum atomic E-state index is -1.57. The van der Waals surface area contributed by atoms with Crippen molar-refractivity contribution in [2.75, 3.05) is 19.8 Å². The second kappa shape index (κ2) is 60.8. The van der Waals surface area contributed by atoms with Gasteiger partial charge in [-0.05, 0) is 44.9 Å². The van der Waals surface area contributed by atoms with Crippen molar-refractivity contribution in [1.82, 2.24) is 5.32 Å². The van der Waals surface area contributed by atoms with Crippen LogP contribution in [0.5, 0.6) is 0 Å². The molecule has 7 unspecified atom stereocenters. The van der Waals surface area contributed by atoms with Crippen LogP contribution in [-0.2, 0) is 23.8 Å². The lowest BCUT2D eigenvalue weighted by Gasteiger charge is -2.40. The number of nitrogens with one attached hydrogen (secondary N) is 1. The van der Waals surface area contributed by atoms with Gasteiger partial charge in [0.25, 0.3) is 0 Å². The highest BCUT2D eigenvalue weighted by molar-refractivity contribution is 5.76. The van der Waals surface area contributed by atoms with E-state index >= 15 is 0 Å². The number of amides is 1. The summed E-state index contributed by atoms with van der Waals surface area (Å²) in [7, 11) is 0. The normalized spacial score (nSPS) is 18.3. The summed E-state index contributed by atoms with van der Waals surface area (Å²) in [4.78, 5) is 25.0. The van der Waals surface area contributed by atoms with E-state index in [0.29, 0.717) is 19.4 Å². The Bertz CT molecular complexity index is 1410. The van der Waals surface area contributed by atoms with Crippen molar-refractivity contribution in [3.8, 4) is 0 Å². The second-order valence-corrected chi connectivity index (χ2v) is 24.9. The van der Waals surface area contributed by atoms with Crippen LogP contribution < -0.4 is 5.32 Å². The second-order valence-electron chi connectivity index (χ2n) is 24.9. The molecule has 0 radical (unpaired) electrons. The zero-order chi connectivity index (χ0) is 59.5. The molecule has 484 valence electrons. The number of allylic oxidation sites excluding steroid dienone is 3. The molecule has 0 bridgehead atoms. The number of carbonyl (C=O) groups excluding carboxylic acids is 2. The molecule has 0 spiro atoms. The van der Waals surface area contributed by atoms with Gasteiger partial charge >= 0.3 is 5.97 Å². The number of aliphatic hydroxyl groups is 5. The topological polar surface area (TPSA) is 175 Å². The van der Waals surface area contributed by atoms with Crippen molar-refractivity contribution >= 4 is 11.9 Å². The number of carbonyl (C=O) groups is 2. The van der Waals surface area contributed by atoms with Crippen LogP contribution in [0, 0.1) is 0 Å². The van der Waals surface area contributed by atoms with E-state index in [1.54, 1.807) is 6.08 Å². The van der Waals surface area contributed by atoms with Crippen LogP contribution in [0.1, 0.15) is 354 Å². The molecule has 6 N–H and O–H groups in total. The Hall–Kier alpha value is -1.86. The Morgan fingerprint density at radius 3 is 1.21 bits per heavy atom. The average molecular weight is 1160 g/mol. The summed E-state index contributed by atoms with van der Waals surface area (Å²) in [6, 6.07) is -0.822. The van der Waals surface area contributed by atoms with Crippen molar-refractivity contribution in [2.45, 2.75) is 397 Å². The van der Waals surface area contributed by atoms with Crippen LogP contribution in [0.4, 0.5) is 0 Å². The first-order chi connectivity index (χ1) is 40.2. The quantitative estimate of drug-likeness (QED) is 0.0195. The molecule has 11 nitrogen and oxygen atoms in total. The zero-order valence-corrected chi connectivity index (χ0v) is 53.7. The molecule has 0 aromatic rings. The van der Waals surface area contributed by atoms with E-state index in [1.165, 1.54) is 276 Å². The molecule has 0 aromatic heterocycles. The molecule has 0 aliphatic carbocycles. The molecule has 1 saturated heterocycles. The summed E-state index contributed by atoms with van der Waals surface area (Å²) >= 11 is 0. The summed E-state index contributed by atoms with van der Waals surface area (Å²) in [6.45, 7) is 4.31. The number of aliphatic hydroxyl groups excluding tert-OH is 5. The number of unbranched alkanes of at least 4 members (excludes halogenated alkanes) is 47. The monoisotopic (exact) mass is 1160 g/mol. The highest BCUT2D eigenvalue weighted by atomic mass is 16.7. The largest absolute Gasteiger partial charge is 0.466 e. The number of hydrogen-bond acceptors (Lipinski definition) is 10. The van der Waals surface area contributed by atoms with Gasteiger partial charge in [-0.2, -0.15) is 0 Å². The molecular formula is C71H135NO10. The fraction of sp³-hybridized carbons (Fsp3) is 0.915. The molecule has 1 aliphatic rings. The van der Waals surface area contributed by atoms with Crippen LogP contribution in [0.15, 0.2) is 24.3 Å². The lowest BCUT2D eigenvalue weighted by Crippen LogP contribution is -2.60. The maximum atomic E-state index is 13.0. The molecule has 82 heavy (non-hydrogen) atoms. The summed E-state index contributed by atoms with van der Waals surface area (Å²) in [5, 5.41) is 54.2. The summed E-state index contributed by atoms with van der Waals surface area (Å²) in [5.74, 6) is -0.173. The van der Waals surface area contributed by atoms with E-state index in [1.807, 2.05) is 6.08 Å². The number of rotatable bonds is 63. The molecule has 0 aromatic carbocycles. The first-order valence-corrected chi connectivity index (χ1v) is 35.6.